The first-order chi connectivity index (χ1) is 7.24. The van der Waals surface area contributed by atoms with Crippen LogP contribution < -0.4 is 5.32 Å². The molecule has 0 heterocycles. The summed E-state index contributed by atoms with van der Waals surface area (Å²) in [4.78, 5) is 21.7. The highest BCUT2D eigenvalue weighted by Crippen LogP contribution is 2.33. The third-order valence-electron chi connectivity index (χ3n) is 2.76. The summed E-state index contributed by atoms with van der Waals surface area (Å²) in [5, 5.41) is 2.93. The summed E-state index contributed by atoms with van der Waals surface area (Å²) in [6.07, 6.45) is 2.19. The number of hydrogen-bond acceptors (Lipinski definition) is 2. The smallest absolute Gasteiger partial charge is 0.220 e. The lowest BCUT2D eigenvalue weighted by atomic mass is 9.82. The molecule has 15 heavy (non-hydrogen) atoms. The Balaban J connectivity index is 2.11. The normalized spacial score (nSPS) is 17.5. The fourth-order valence-electron chi connectivity index (χ4n) is 1.84. The number of amides is 1. The lowest BCUT2D eigenvalue weighted by molar-refractivity contribution is -0.121. The van der Waals surface area contributed by atoms with Crippen molar-refractivity contribution >= 4 is 12.2 Å². The third kappa shape index (κ3) is 1.77. The average molecular weight is 203 g/mol. The molecule has 0 bridgehead atoms. The van der Waals surface area contributed by atoms with Crippen molar-refractivity contribution in [2.75, 3.05) is 0 Å². The second kappa shape index (κ2) is 3.85. The zero-order valence-electron chi connectivity index (χ0n) is 8.62. The van der Waals surface area contributed by atoms with E-state index in [4.69, 9.17) is 0 Å². The Kier molecular flexibility index (Phi) is 2.54. The molecule has 1 N–H and O–H groups in total. The van der Waals surface area contributed by atoms with Gasteiger partial charge in [0.05, 0.1) is 6.04 Å². The number of carbonyl (C=O) groups is 2. The van der Waals surface area contributed by atoms with Gasteiger partial charge in [0.15, 0.2) is 0 Å². The molecule has 3 nitrogen and oxygen atoms in total. The highest BCUT2D eigenvalue weighted by Gasteiger charge is 2.26. The summed E-state index contributed by atoms with van der Waals surface area (Å²) in [6.45, 7) is 1.84. The summed E-state index contributed by atoms with van der Waals surface area (Å²) < 4.78 is 0. The molecule has 2 rings (SSSR count). The van der Waals surface area contributed by atoms with Crippen LogP contribution in [-0.4, -0.2) is 12.2 Å². The summed E-state index contributed by atoms with van der Waals surface area (Å²) >= 11 is 0. The van der Waals surface area contributed by atoms with E-state index in [0.29, 0.717) is 12.0 Å². The number of nitrogens with one attached hydrogen (secondary N) is 1. The second-order valence-electron chi connectivity index (χ2n) is 3.75. The minimum absolute atomic E-state index is 0.0742. The maximum atomic E-state index is 11.2. The van der Waals surface area contributed by atoms with Crippen molar-refractivity contribution in [3.63, 3.8) is 0 Å². The molecule has 0 spiro atoms. The van der Waals surface area contributed by atoms with Crippen LogP contribution in [0.2, 0.25) is 0 Å². The van der Waals surface area contributed by atoms with Crippen LogP contribution in [0, 0.1) is 0 Å². The predicted octanol–water partition coefficient (Wildman–Crippen LogP) is 1.62. The van der Waals surface area contributed by atoms with E-state index in [1.807, 2.05) is 19.1 Å². The van der Waals surface area contributed by atoms with Crippen molar-refractivity contribution in [1.82, 2.24) is 5.32 Å². The molecule has 1 amide bonds. The Bertz CT molecular complexity index is 412. The molecular formula is C12H13NO2. The predicted molar refractivity (Wildman–Crippen MR) is 56.7 cm³/mol. The highest BCUT2D eigenvalue weighted by atomic mass is 16.1. The van der Waals surface area contributed by atoms with Gasteiger partial charge in [-0.25, -0.2) is 0 Å². The highest BCUT2D eigenvalue weighted by molar-refractivity contribution is 5.78. The van der Waals surface area contributed by atoms with Crippen LogP contribution in [0.5, 0.6) is 0 Å². The lowest BCUT2D eigenvalue weighted by Crippen LogP contribution is -2.35. The number of rotatable bonds is 3. The van der Waals surface area contributed by atoms with Crippen LogP contribution >= 0.6 is 0 Å². The number of hydrogen-bond donors (Lipinski definition) is 1. The molecule has 0 radical (unpaired) electrons. The van der Waals surface area contributed by atoms with E-state index >= 15 is 0 Å². The maximum absolute atomic E-state index is 11.2. The molecule has 3 heteroatoms. The van der Waals surface area contributed by atoms with Crippen molar-refractivity contribution < 1.29 is 9.59 Å². The third-order valence-corrected chi connectivity index (χ3v) is 2.76. The SMILES string of the molecule is CCC(=O)NC1Cc2cc(C=O)ccc21. The van der Waals surface area contributed by atoms with E-state index in [1.54, 1.807) is 6.07 Å². The van der Waals surface area contributed by atoms with Gasteiger partial charge in [0.1, 0.15) is 6.29 Å². The van der Waals surface area contributed by atoms with Crippen molar-refractivity contribution in [3.8, 4) is 0 Å². The van der Waals surface area contributed by atoms with E-state index in [2.05, 4.69) is 5.32 Å². The van der Waals surface area contributed by atoms with E-state index in [9.17, 15) is 9.59 Å². The molecule has 1 atom stereocenters. The number of fused-ring (bicyclic) bond motifs is 1. The van der Waals surface area contributed by atoms with Crippen LogP contribution in [0.15, 0.2) is 18.2 Å². The zero-order valence-corrected chi connectivity index (χ0v) is 8.62. The van der Waals surface area contributed by atoms with Gasteiger partial charge in [0.25, 0.3) is 0 Å². The van der Waals surface area contributed by atoms with Gasteiger partial charge in [-0.3, -0.25) is 9.59 Å². The van der Waals surface area contributed by atoms with Gasteiger partial charge in [-0.1, -0.05) is 19.1 Å². The number of carbonyl (C=O) groups excluding carboxylic acids is 2. The molecular weight excluding hydrogens is 190 g/mol. The van der Waals surface area contributed by atoms with E-state index in [0.717, 1.165) is 18.3 Å². The molecule has 1 aromatic carbocycles. The van der Waals surface area contributed by atoms with E-state index in [1.165, 1.54) is 5.56 Å². The molecule has 0 saturated heterocycles. The van der Waals surface area contributed by atoms with Crippen molar-refractivity contribution in [3.05, 3.63) is 34.9 Å². The average Bonchev–Trinajstić information content (AvgIpc) is 2.25. The van der Waals surface area contributed by atoms with Crippen LogP contribution in [0.25, 0.3) is 0 Å². The number of benzene rings is 1. The summed E-state index contributed by atoms with van der Waals surface area (Å²) in [5.41, 5.74) is 3.01. The standard InChI is InChI=1S/C12H13NO2/c1-2-12(15)13-11-6-9-5-8(7-14)3-4-10(9)11/h3-5,7,11H,2,6H2,1H3,(H,13,15). The first-order valence-corrected chi connectivity index (χ1v) is 5.12. The quantitative estimate of drug-likeness (QED) is 0.759. The van der Waals surface area contributed by atoms with Gasteiger partial charge in [0.2, 0.25) is 5.91 Å². The van der Waals surface area contributed by atoms with Gasteiger partial charge in [-0.2, -0.15) is 0 Å². The monoisotopic (exact) mass is 203 g/mol. The van der Waals surface area contributed by atoms with Crippen molar-refractivity contribution in [1.29, 1.82) is 0 Å². The van der Waals surface area contributed by atoms with Crippen LogP contribution in [-0.2, 0) is 11.2 Å². The Morgan fingerprint density at radius 2 is 2.40 bits per heavy atom. The zero-order chi connectivity index (χ0) is 10.8. The minimum atomic E-state index is 0.0742. The molecule has 78 valence electrons. The van der Waals surface area contributed by atoms with Crippen molar-refractivity contribution in [2.45, 2.75) is 25.8 Å². The Morgan fingerprint density at radius 3 is 3.00 bits per heavy atom. The molecule has 1 aromatic rings. The van der Waals surface area contributed by atoms with Gasteiger partial charge in [0, 0.05) is 12.0 Å². The second-order valence-corrected chi connectivity index (χ2v) is 3.75. The number of aldehydes is 1. The first-order valence-electron chi connectivity index (χ1n) is 5.12. The molecule has 0 saturated carbocycles. The molecule has 1 unspecified atom stereocenters. The Morgan fingerprint density at radius 1 is 1.60 bits per heavy atom. The Labute approximate surface area is 88.5 Å². The van der Waals surface area contributed by atoms with E-state index in [-0.39, 0.29) is 11.9 Å². The first kappa shape index (κ1) is 9.90. The van der Waals surface area contributed by atoms with Gasteiger partial charge in [-0.15, -0.1) is 0 Å². The molecule has 1 aliphatic rings. The van der Waals surface area contributed by atoms with Gasteiger partial charge in [-0.05, 0) is 23.6 Å². The summed E-state index contributed by atoms with van der Waals surface area (Å²) in [5.74, 6) is 0.0742. The van der Waals surface area contributed by atoms with Crippen LogP contribution in [0.3, 0.4) is 0 Å². The largest absolute Gasteiger partial charge is 0.349 e. The molecule has 0 fully saturated rings. The Hall–Kier alpha value is -1.64. The van der Waals surface area contributed by atoms with Crippen LogP contribution in [0.1, 0.15) is 40.9 Å². The summed E-state index contributed by atoms with van der Waals surface area (Å²) in [6, 6.07) is 5.74. The molecule has 0 aliphatic heterocycles. The van der Waals surface area contributed by atoms with Gasteiger partial charge < -0.3 is 5.32 Å². The van der Waals surface area contributed by atoms with Gasteiger partial charge >= 0.3 is 0 Å². The fourth-order valence-corrected chi connectivity index (χ4v) is 1.84. The van der Waals surface area contributed by atoms with Crippen molar-refractivity contribution in [2.24, 2.45) is 0 Å². The maximum Gasteiger partial charge on any atom is 0.220 e. The molecule has 1 aliphatic carbocycles. The van der Waals surface area contributed by atoms with E-state index < -0.39 is 0 Å². The minimum Gasteiger partial charge on any atom is -0.349 e. The topological polar surface area (TPSA) is 46.2 Å². The lowest BCUT2D eigenvalue weighted by Gasteiger charge is -2.31. The summed E-state index contributed by atoms with van der Waals surface area (Å²) in [7, 11) is 0. The fraction of sp³-hybridized carbons (Fsp3) is 0.333. The van der Waals surface area contributed by atoms with Crippen LogP contribution in [0.4, 0.5) is 0 Å². The molecule has 0 aromatic heterocycles.